The van der Waals surface area contributed by atoms with Gasteiger partial charge in [0.1, 0.15) is 17.2 Å². The summed E-state index contributed by atoms with van der Waals surface area (Å²) < 4.78 is 11.1. The molecule has 0 bridgehead atoms. The summed E-state index contributed by atoms with van der Waals surface area (Å²) in [6.07, 6.45) is 8.15. The molecule has 34 heavy (non-hydrogen) atoms. The van der Waals surface area contributed by atoms with Gasteiger partial charge in [0.05, 0.1) is 25.4 Å². The molecule has 0 aliphatic heterocycles. The number of nitrogens with one attached hydrogen (secondary N) is 2. The van der Waals surface area contributed by atoms with E-state index in [2.05, 4.69) is 16.4 Å². The number of carbonyl (C=O) groups is 1. The molecule has 5 rings (SSSR count). The summed E-state index contributed by atoms with van der Waals surface area (Å²) in [6.45, 7) is 0. The molecule has 0 atom stereocenters. The lowest BCUT2D eigenvalue weighted by Crippen LogP contribution is -2.35. The Morgan fingerprint density at radius 2 is 1.71 bits per heavy atom. The van der Waals surface area contributed by atoms with Crippen molar-refractivity contribution in [2.24, 2.45) is 0 Å². The van der Waals surface area contributed by atoms with Crippen LogP contribution in [0.25, 0.3) is 33.1 Å². The molecular weight excluding hydrogens is 426 g/mol. The van der Waals surface area contributed by atoms with Crippen LogP contribution in [0.5, 0.6) is 11.5 Å². The number of carbonyl (C=O) groups excluding carboxylic acids is 1. The molecule has 6 nitrogen and oxygen atoms in total. The molecule has 2 aromatic carbocycles. The SMILES string of the molecule is COc1ccc(OC)c(-c2nc(C(=O)NC3CCCCCCC3)cc3c2[nH]c2ccccc23)c1. The van der Waals surface area contributed by atoms with E-state index < -0.39 is 0 Å². The van der Waals surface area contributed by atoms with Gasteiger partial charge in [0.25, 0.3) is 5.91 Å². The van der Waals surface area contributed by atoms with Crippen LogP contribution in [0.1, 0.15) is 55.4 Å². The van der Waals surface area contributed by atoms with Gasteiger partial charge in [0.2, 0.25) is 0 Å². The van der Waals surface area contributed by atoms with Crippen molar-refractivity contribution in [3.05, 3.63) is 54.2 Å². The number of hydrogen-bond donors (Lipinski definition) is 2. The lowest BCUT2D eigenvalue weighted by Gasteiger charge is -2.21. The first-order chi connectivity index (χ1) is 16.7. The van der Waals surface area contributed by atoms with Gasteiger partial charge in [-0.2, -0.15) is 0 Å². The zero-order chi connectivity index (χ0) is 23.5. The van der Waals surface area contributed by atoms with E-state index in [1.165, 1.54) is 19.3 Å². The molecule has 1 saturated carbocycles. The van der Waals surface area contributed by atoms with Crippen molar-refractivity contribution < 1.29 is 14.3 Å². The summed E-state index contributed by atoms with van der Waals surface area (Å²) in [5.74, 6) is 1.25. The highest BCUT2D eigenvalue weighted by molar-refractivity contribution is 6.13. The second-order valence-electron chi connectivity index (χ2n) is 9.03. The van der Waals surface area contributed by atoms with Crippen LogP contribution in [0, 0.1) is 0 Å². The van der Waals surface area contributed by atoms with Crippen LogP contribution >= 0.6 is 0 Å². The largest absolute Gasteiger partial charge is 0.497 e. The fourth-order valence-electron chi connectivity index (χ4n) is 5.02. The minimum Gasteiger partial charge on any atom is -0.497 e. The van der Waals surface area contributed by atoms with Crippen LogP contribution in [-0.2, 0) is 0 Å². The quantitative estimate of drug-likeness (QED) is 0.372. The van der Waals surface area contributed by atoms with Gasteiger partial charge in [-0.15, -0.1) is 0 Å². The lowest BCUT2D eigenvalue weighted by atomic mass is 9.96. The van der Waals surface area contributed by atoms with Crippen molar-refractivity contribution in [1.82, 2.24) is 15.3 Å². The van der Waals surface area contributed by atoms with Crippen LogP contribution in [0.15, 0.2) is 48.5 Å². The van der Waals surface area contributed by atoms with Gasteiger partial charge in [-0.1, -0.05) is 50.3 Å². The zero-order valence-electron chi connectivity index (χ0n) is 19.8. The topological polar surface area (TPSA) is 76.2 Å². The third-order valence-corrected chi connectivity index (χ3v) is 6.83. The molecular formula is C28H31N3O3. The van der Waals surface area contributed by atoms with Crippen LogP contribution in [-0.4, -0.2) is 36.1 Å². The van der Waals surface area contributed by atoms with Crippen molar-refractivity contribution in [3.8, 4) is 22.8 Å². The molecule has 1 aliphatic carbocycles. The Morgan fingerprint density at radius 3 is 2.47 bits per heavy atom. The molecule has 0 unspecified atom stereocenters. The Bertz CT molecular complexity index is 1320. The van der Waals surface area contributed by atoms with Crippen molar-refractivity contribution in [2.75, 3.05) is 14.2 Å². The summed E-state index contributed by atoms with van der Waals surface area (Å²) in [6, 6.07) is 15.8. The average Bonchev–Trinajstić information content (AvgIpc) is 3.23. The molecule has 176 valence electrons. The molecule has 2 heterocycles. The number of aromatic amines is 1. The Labute approximate surface area is 199 Å². The number of nitrogens with zero attached hydrogens (tertiary/aromatic N) is 1. The summed E-state index contributed by atoms with van der Waals surface area (Å²) >= 11 is 0. The first-order valence-electron chi connectivity index (χ1n) is 12.1. The number of amides is 1. The summed E-state index contributed by atoms with van der Waals surface area (Å²) in [4.78, 5) is 21.8. The molecule has 0 saturated heterocycles. The first-order valence-corrected chi connectivity index (χ1v) is 12.1. The molecule has 0 spiro atoms. The maximum Gasteiger partial charge on any atom is 0.270 e. The zero-order valence-corrected chi connectivity index (χ0v) is 19.8. The molecule has 6 heteroatoms. The van der Waals surface area contributed by atoms with E-state index in [1.807, 2.05) is 42.5 Å². The number of pyridine rings is 1. The lowest BCUT2D eigenvalue weighted by molar-refractivity contribution is 0.0925. The van der Waals surface area contributed by atoms with E-state index in [-0.39, 0.29) is 11.9 Å². The minimum absolute atomic E-state index is 0.124. The van der Waals surface area contributed by atoms with Gasteiger partial charge in [0.15, 0.2) is 0 Å². The van der Waals surface area contributed by atoms with Crippen molar-refractivity contribution >= 4 is 27.7 Å². The van der Waals surface area contributed by atoms with E-state index >= 15 is 0 Å². The van der Waals surface area contributed by atoms with Gasteiger partial charge >= 0.3 is 0 Å². The number of rotatable bonds is 5. The van der Waals surface area contributed by atoms with E-state index in [9.17, 15) is 4.79 Å². The first kappa shape index (κ1) is 22.3. The Kier molecular flexibility index (Phi) is 6.39. The normalized spacial score (nSPS) is 15.1. The standard InChI is InChI=1S/C28H31N3O3/c1-33-19-14-15-25(34-2)22(16-19)27-26-21(20-12-8-9-13-23(20)30-26)17-24(31-27)28(32)29-18-10-6-4-3-5-7-11-18/h8-9,12-18,30H,3-7,10-11H2,1-2H3,(H,29,32). The van der Waals surface area contributed by atoms with Gasteiger partial charge in [0, 0.05) is 27.9 Å². The van der Waals surface area contributed by atoms with E-state index in [4.69, 9.17) is 14.5 Å². The van der Waals surface area contributed by atoms with Crippen LogP contribution in [0.3, 0.4) is 0 Å². The second-order valence-corrected chi connectivity index (χ2v) is 9.03. The number of H-pyrrole nitrogens is 1. The number of benzene rings is 2. The summed E-state index contributed by atoms with van der Waals surface area (Å²) in [7, 11) is 3.27. The highest BCUT2D eigenvalue weighted by Crippen LogP contribution is 2.38. The van der Waals surface area contributed by atoms with E-state index in [1.54, 1.807) is 14.2 Å². The third kappa shape index (κ3) is 4.32. The van der Waals surface area contributed by atoms with Gasteiger partial charge in [-0.05, 0) is 43.2 Å². The average molecular weight is 458 g/mol. The van der Waals surface area contributed by atoms with Gasteiger partial charge in [-0.3, -0.25) is 4.79 Å². The maximum absolute atomic E-state index is 13.4. The monoisotopic (exact) mass is 457 g/mol. The highest BCUT2D eigenvalue weighted by atomic mass is 16.5. The Hall–Kier alpha value is -3.54. The number of fused-ring (bicyclic) bond motifs is 3. The Morgan fingerprint density at radius 1 is 0.941 bits per heavy atom. The predicted molar refractivity (Wildman–Crippen MR) is 136 cm³/mol. The van der Waals surface area contributed by atoms with Gasteiger partial charge in [-0.25, -0.2) is 4.98 Å². The molecule has 4 aromatic rings. The number of aromatic nitrogens is 2. The number of para-hydroxylation sites is 1. The Balaban J connectivity index is 1.64. The van der Waals surface area contributed by atoms with E-state index in [0.29, 0.717) is 22.9 Å². The summed E-state index contributed by atoms with van der Waals surface area (Å²) in [5.41, 5.74) is 3.74. The highest BCUT2D eigenvalue weighted by Gasteiger charge is 2.21. The number of methoxy groups -OCH3 is 2. The molecule has 1 amide bonds. The number of ether oxygens (including phenoxy) is 2. The smallest absolute Gasteiger partial charge is 0.270 e. The van der Waals surface area contributed by atoms with Crippen LogP contribution in [0.4, 0.5) is 0 Å². The minimum atomic E-state index is -0.124. The summed E-state index contributed by atoms with van der Waals surface area (Å²) in [5, 5.41) is 5.29. The molecule has 0 radical (unpaired) electrons. The van der Waals surface area contributed by atoms with Crippen molar-refractivity contribution in [3.63, 3.8) is 0 Å². The van der Waals surface area contributed by atoms with Crippen LogP contribution in [0.2, 0.25) is 0 Å². The molecule has 2 aromatic heterocycles. The van der Waals surface area contributed by atoms with Gasteiger partial charge < -0.3 is 19.8 Å². The molecule has 2 N–H and O–H groups in total. The van der Waals surface area contributed by atoms with Crippen molar-refractivity contribution in [2.45, 2.75) is 51.0 Å². The second kappa shape index (κ2) is 9.75. The van der Waals surface area contributed by atoms with E-state index in [0.717, 1.165) is 53.1 Å². The molecule has 1 fully saturated rings. The third-order valence-electron chi connectivity index (χ3n) is 6.83. The number of hydrogen-bond acceptors (Lipinski definition) is 4. The fourth-order valence-corrected chi connectivity index (χ4v) is 5.02. The fraction of sp³-hybridized carbons (Fsp3) is 0.357. The molecule has 1 aliphatic rings. The predicted octanol–water partition coefficient (Wildman–Crippen LogP) is 6.24. The van der Waals surface area contributed by atoms with Crippen molar-refractivity contribution in [1.29, 1.82) is 0 Å². The van der Waals surface area contributed by atoms with Crippen LogP contribution < -0.4 is 14.8 Å². The maximum atomic E-state index is 13.4.